The number of benzene rings is 1. The van der Waals surface area contributed by atoms with Crippen LogP contribution in [0, 0.1) is 0 Å². The van der Waals surface area contributed by atoms with Crippen molar-refractivity contribution in [2.24, 2.45) is 0 Å². The van der Waals surface area contributed by atoms with E-state index in [-0.39, 0.29) is 35.7 Å². The van der Waals surface area contributed by atoms with Crippen LogP contribution >= 0.6 is 0 Å². The maximum absolute atomic E-state index is 12.6. The number of halogens is 1. The molecular formula is C32H52BrNO14. The summed E-state index contributed by atoms with van der Waals surface area (Å²) < 4.78 is 22.2. The van der Waals surface area contributed by atoms with Gasteiger partial charge in [-0.05, 0) is 19.4 Å². The van der Waals surface area contributed by atoms with Gasteiger partial charge in [0, 0.05) is 25.7 Å². The first-order valence-corrected chi connectivity index (χ1v) is 16.3. The summed E-state index contributed by atoms with van der Waals surface area (Å²) >= 11 is 0. The quantitative estimate of drug-likeness (QED) is 0.0846. The molecular weight excluding hydrogens is 702 g/mol. The monoisotopic (exact) mass is 753 g/mol. The molecule has 0 spiro atoms. The Morgan fingerprint density at radius 3 is 1.94 bits per heavy atom. The van der Waals surface area contributed by atoms with E-state index >= 15 is 0 Å². The van der Waals surface area contributed by atoms with E-state index in [2.05, 4.69) is 20.9 Å². The molecule has 4 saturated heterocycles. The first-order valence-electron chi connectivity index (χ1n) is 16.3. The van der Waals surface area contributed by atoms with Crippen molar-refractivity contribution in [2.75, 3.05) is 26.9 Å². The van der Waals surface area contributed by atoms with Gasteiger partial charge in [0.1, 0.15) is 60.9 Å². The van der Waals surface area contributed by atoms with Crippen LogP contribution in [-0.4, -0.2) is 169 Å². The van der Waals surface area contributed by atoms with E-state index in [0.717, 1.165) is 22.9 Å². The largest absolute Gasteiger partial charge is 1.00 e. The molecule has 0 radical (unpaired) electrons. The van der Waals surface area contributed by atoms with Crippen molar-refractivity contribution < 1.29 is 91.2 Å². The number of ether oxygens (including phenoxy) is 4. The number of piperidine rings is 1. The maximum Gasteiger partial charge on any atom is 0.316 e. The molecule has 13 atom stereocenters. The molecule has 15 nitrogen and oxygen atoms in total. The van der Waals surface area contributed by atoms with Gasteiger partial charge in [-0.1, -0.05) is 30.3 Å². The van der Waals surface area contributed by atoms with Crippen LogP contribution in [0.1, 0.15) is 51.0 Å². The molecule has 16 heteroatoms. The maximum atomic E-state index is 12.6. The van der Waals surface area contributed by atoms with Crippen LogP contribution in [0.25, 0.3) is 0 Å². The fraction of sp³-hybridized carbons (Fsp3) is 0.781. The van der Waals surface area contributed by atoms with Crippen LogP contribution in [-0.2, 0) is 23.7 Å². The Morgan fingerprint density at radius 1 is 0.833 bits per heavy atom. The number of quaternary nitrogens is 1. The molecule has 1 aromatic carbocycles. The number of nitrogens with zero attached hydrogens (tertiary/aromatic N) is 1. The Bertz CT molecular complexity index is 1120. The molecule has 5 rings (SSSR count). The van der Waals surface area contributed by atoms with Gasteiger partial charge < -0.3 is 86.4 Å². The van der Waals surface area contributed by atoms with Crippen LogP contribution in [0.2, 0.25) is 0 Å². The Morgan fingerprint density at radius 2 is 1.42 bits per heavy atom. The SMILES string of the molecule is CC(C)[N+]1(C)C2CCC1CC(OC(=O)C(CO)c1ccccc1)C2.OC[C@H]1O[C@@H](O[C@H]2[C@H](O)[C@@H](O)[C@@H](O)O[C@@H]2CO)[C@H](O)[C@@H](O)[C@H]1O.[Br-]. The lowest BCUT2D eigenvalue weighted by Gasteiger charge is -2.49. The fourth-order valence-corrected chi connectivity index (χ4v) is 7.39. The van der Waals surface area contributed by atoms with E-state index in [1.54, 1.807) is 0 Å². The Labute approximate surface area is 290 Å². The average molecular weight is 755 g/mol. The third-order valence-corrected chi connectivity index (χ3v) is 10.5. The normalized spacial score (nSPS) is 41.5. The predicted molar refractivity (Wildman–Crippen MR) is 162 cm³/mol. The van der Waals surface area contributed by atoms with Gasteiger partial charge in [-0.3, -0.25) is 4.79 Å². The summed E-state index contributed by atoms with van der Waals surface area (Å²) in [5, 5.41) is 86.1. The molecule has 48 heavy (non-hydrogen) atoms. The van der Waals surface area contributed by atoms with Crippen LogP contribution in [0.15, 0.2) is 30.3 Å². The molecule has 0 aromatic heterocycles. The minimum absolute atomic E-state index is 0. The smallest absolute Gasteiger partial charge is 0.316 e. The third kappa shape index (κ3) is 8.57. The van der Waals surface area contributed by atoms with Gasteiger partial charge in [0.15, 0.2) is 12.6 Å². The fourth-order valence-electron chi connectivity index (χ4n) is 7.39. The zero-order valence-corrected chi connectivity index (χ0v) is 29.0. The van der Waals surface area contributed by atoms with Crippen molar-refractivity contribution in [3.8, 4) is 0 Å². The van der Waals surface area contributed by atoms with Gasteiger partial charge in [-0.2, -0.15) is 0 Å². The van der Waals surface area contributed by atoms with Crippen molar-refractivity contribution in [1.82, 2.24) is 0 Å². The van der Waals surface area contributed by atoms with Crippen LogP contribution in [0.5, 0.6) is 0 Å². The van der Waals surface area contributed by atoms with E-state index in [1.165, 1.54) is 12.8 Å². The second kappa shape index (κ2) is 17.7. The van der Waals surface area contributed by atoms with Crippen LogP contribution in [0.4, 0.5) is 0 Å². The van der Waals surface area contributed by atoms with Gasteiger partial charge in [0.25, 0.3) is 0 Å². The minimum Gasteiger partial charge on any atom is -1.00 e. The highest BCUT2D eigenvalue weighted by Crippen LogP contribution is 2.44. The number of rotatable bonds is 9. The zero-order valence-electron chi connectivity index (χ0n) is 27.4. The number of fused-ring (bicyclic) bond motifs is 2. The molecule has 2 bridgehead atoms. The van der Waals surface area contributed by atoms with Gasteiger partial charge in [0.05, 0.1) is 45.0 Å². The number of aliphatic hydroxyl groups is 9. The van der Waals surface area contributed by atoms with Crippen LogP contribution < -0.4 is 17.0 Å². The molecule has 0 aliphatic carbocycles. The Hall–Kier alpha value is -1.35. The van der Waals surface area contributed by atoms with E-state index in [0.29, 0.717) is 18.1 Å². The van der Waals surface area contributed by atoms with Gasteiger partial charge >= 0.3 is 5.97 Å². The molecule has 3 unspecified atom stereocenters. The Kier molecular flexibility index (Phi) is 15.2. The third-order valence-electron chi connectivity index (χ3n) is 10.5. The first-order chi connectivity index (χ1) is 22.3. The highest BCUT2D eigenvalue weighted by Gasteiger charge is 2.54. The van der Waals surface area contributed by atoms with E-state index in [9.17, 15) is 45.6 Å². The molecule has 1 aromatic rings. The second-order valence-corrected chi connectivity index (χ2v) is 13.4. The van der Waals surface area contributed by atoms with E-state index in [1.807, 2.05) is 30.3 Å². The highest BCUT2D eigenvalue weighted by atomic mass is 79.9. The number of esters is 1. The molecule has 0 saturated carbocycles. The molecule has 4 heterocycles. The van der Waals surface area contributed by atoms with Crippen LogP contribution in [0.3, 0.4) is 0 Å². The molecule has 276 valence electrons. The van der Waals surface area contributed by atoms with Gasteiger partial charge in [-0.15, -0.1) is 0 Å². The first kappa shape index (κ1) is 41.1. The number of hydrogen-bond donors (Lipinski definition) is 9. The second-order valence-electron chi connectivity index (χ2n) is 13.4. The number of carbonyl (C=O) groups is 1. The van der Waals surface area contributed by atoms with Crippen molar-refractivity contribution in [3.05, 3.63) is 35.9 Å². The number of hydrogen-bond acceptors (Lipinski definition) is 14. The van der Waals surface area contributed by atoms with Crippen molar-refractivity contribution >= 4 is 5.97 Å². The number of carbonyl (C=O) groups excluding carboxylic acids is 1. The summed E-state index contributed by atoms with van der Waals surface area (Å²) in [6, 6.07) is 11.2. The molecule has 9 N–H and O–H groups in total. The highest BCUT2D eigenvalue weighted by molar-refractivity contribution is 5.78. The van der Waals surface area contributed by atoms with Crippen molar-refractivity contribution in [3.63, 3.8) is 0 Å². The lowest BCUT2D eigenvalue weighted by molar-refractivity contribution is -0.968. The van der Waals surface area contributed by atoms with E-state index in [4.69, 9.17) is 24.1 Å². The summed E-state index contributed by atoms with van der Waals surface area (Å²) in [5.41, 5.74) is 0.826. The lowest BCUT2D eigenvalue weighted by Crippen LogP contribution is -3.00. The summed E-state index contributed by atoms with van der Waals surface area (Å²) in [4.78, 5) is 12.6. The average Bonchev–Trinajstić information content (AvgIpc) is 3.21. The topological polar surface area (TPSA) is 236 Å². The summed E-state index contributed by atoms with van der Waals surface area (Å²) in [6.07, 6.45) is -11.2. The summed E-state index contributed by atoms with van der Waals surface area (Å²) in [6.45, 7) is 3.05. The van der Waals surface area contributed by atoms with Crippen molar-refractivity contribution in [1.29, 1.82) is 0 Å². The molecule has 4 aliphatic rings. The summed E-state index contributed by atoms with van der Waals surface area (Å²) in [5.74, 6) is -0.856. The molecule has 4 aliphatic heterocycles. The molecule has 0 amide bonds. The number of aliphatic hydroxyl groups excluding tert-OH is 9. The molecule has 4 fully saturated rings. The zero-order chi connectivity index (χ0) is 34.6. The predicted octanol–water partition coefficient (Wildman–Crippen LogP) is -5.54. The lowest BCUT2D eigenvalue weighted by atomic mass is 9.94. The van der Waals surface area contributed by atoms with Gasteiger partial charge in [0.2, 0.25) is 0 Å². The summed E-state index contributed by atoms with van der Waals surface area (Å²) in [7, 11) is 2.37. The van der Waals surface area contributed by atoms with E-state index < -0.39 is 80.5 Å². The minimum atomic E-state index is -1.74. The van der Waals surface area contributed by atoms with Gasteiger partial charge in [-0.25, -0.2) is 0 Å². The standard InChI is InChI=1S/C20H30NO3.C12H22O11.BrH/c1-14(2)21(3)16-9-10-17(21)12-18(11-16)24-20(23)19(13-22)15-7-5-4-6-8-15;13-1-3-5(15)6(16)9(19)12(22-3)23-10-4(2-14)21-11(20)8(18)7(10)17;/h4-8,14,16-19,22H,9-13H2,1-3H3;3-20H,1-2H2;1H/q+1;;/p-1/t;3-,4-,5+,6+,7-,8-,9-,10-,11+,12+;/m.1./s1. The Balaban J connectivity index is 0.000000255. The van der Waals surface area contributed by atoms with Crippen molar-refractivity contribution in [2.45, 2.75) is 131 Å².